The molecule has 1 saturated carbocycles. The molecular formula is C13H19NO4S2. The Morgan fingerprint density at radius 3 is 2.55 bits per heavy atom. The molecule has 20 heavy (non-hydrogen) atoms. The molecule has 7 heteroatoms. The minimum Gasteiger partial charge on any atom is -0.477 e. The van der Waals surface area contributed by atoms with E-state index in [2.05, 4.69) is 11.6 Å². The highest BCUT2D eigenvalue weighted by atomic mass is 32.2. The van der Waals surface area contributed by atoms with Gasteiger partial charge in [0.25, 0.3) is 0 Å². The molecule has 1 aliphatic rings. The molecule has 0 aliphatic heterocycles. The topological polar surface area (TPSA) is 83.5 Å². The highest BCUT2D eigenvalue weighted by molar-refractivity contribution is 7.91. The number of carboxylic acid groups (broad SMARTS) is 1. The Bertz CT molecular complexity index is 571. The molecule has 0 unspecified atom stereocenters. The Hall–Kier alpha value is -0.920. The van der Waals surface area contributed by atoms with Gasteiger partial charge < -0.3 is 5.11 Å². The summed E-state index contributed by atoms with van der Waals surface area (Å²) in [6, 6.07) is 2.67. The van der Waals surface area contributed by atoms with Crippen LogP contribution in [0.2, 0.25) is 0 Å². The molecule has 0 atom stereocenters. The second-order valence-electron chi connectivity index (χ2n) is 5.40. The van der Waals surface area contributed by atoms with Crippen molar-refractivity contribution >= 4 is 27.3 Å². The van der Waals surface area contributed by atoms with Crippen LogP contribution in [0.3, 0.4) is 0 Å². The average molecular weight is 317 g/mol. The summed E-state index contributed by atoms with van der Waals surface area (Å²) in [5.41, 5.74) is 0. The zero-order valence-corrected chi connectivity index (χ0v) is 13.0. The zero-order chi connectivity index (χ0) is 14.8. The summed E-state index contributed by atoms with van der Waals surface area (Å²) in [6.45, 7) is 2.66. The number of carbonyl (C=O) groups is 1. The van der Waals surface area contributed by atoms with E-state index in [1.807, 2.05) is 0 Å². The van der Waals surface area contributed by atoms with Crippen molar-refractivity contribution in [2.75, 3.05) is 6.54 Å². The second-order valence-corrected chi connectivity index (χ2v) is 8.48. The van der Waals surface area contributed by atoms with E-state index in [-0.39, 0.29) is 9.09 Å². The van der Waals surface area contributed by atoms with E-state index >= 15 is 0 Å². The lowest BCUT2D eigenvalue weighted by Gasteiger charge is -2.26. The summed E-state index contributed by atoms with van der Waals surface area (Å²) >= 11 is 0.785. The summed E-state index contributed by atoms with van der Waals surface area (Å²) in [4.78, 5) is 10.8. The summed E-state index contributed by atoms with van der Waals surface area (Å²) in [6.07, 6.45) is 4.39. The normalized spacial score (nSPS) is 23.6. The van der Waals surface area contributed by atoms with Crippen LogP contribution in [0.15, 0.2) is 16.3 Å². The average Bonchev–Trinajstić information content (AvgIpc) is 2.89. The number of hydrogen-bond donors (Lipinski definition) is 2. The highest BCUT2D eigenvalue weighted by Gasteiger charge is 2.23. The van der Waals surface area contributed by atoms with Crippen molar-refractivity contribution in [3.8, 4) is 0 Å². The molecule has 0 radical (unpaired) electrons. The fourth-order valence-electron chi connectivity index (χ4n) is 2.41. The Morgan fingerprint density at radius 1 is 1.35 bits per heavy atom. The largest absolute Gasteiger partial charge is 0.477 e. The van der Waals surface area contributed by atoms with E-state index in [1.165, 1.54) is 12.1 Å². The lowest BCUT2D eigenvalue weighted by atomic mass is 9.83. The van der Waals surface area contributed by atoms with Crippen LogP contribution in [-0.2, 0) is 10.0 Å². The van der Waals surface area contributed by atoms with Crippen LogP contribution in [0.25, 0.3) is 0 Å². The van der Waals surface area contributed by atoms with Gasteiger partial charge in [-0.1, -0.05) is 19.8 Å². The monoisotopic (exact) mass is 317 g/mol. The van der Waals surface area contributed by atoms with E-state index in [4.69, 9.17) is 5.11 Å². The first-order valence-corrected chi connectivity index (χ1v) is 9.01. The summed E-state index contributed by atoms with van der Waals surface area (Å²) in [5, 5.41) is 8.82. The number of nitrogens with one attached hydrogen (secondary N) is 1. The van der Waals surface area contributed by atoms with Crippen LogP contribution < -0.4 is 4.72 Å². The van der Waals surface area contributed by atoms with Crippen LogP contribution in [0.1, 0.15) is 42.3 Å². The maximum absolute atomic E-state index is 12.1. The molecule has 1 aliphatic carbocycles. The molecular weight excluding hydrogens is 298 g/mol. The van der Waals surface area contributed by atoms with Crippen LogP contribution in [0, 0.1) is 11.8 Å². The molecule has 1 aromatic heterocycles. The maximum Gasteiger partial charge on any atom is 0.345 e. The molecule has 5 nitrogen and oxygen atoms in total. The van der Waals surface area contributed by atoms with Crippen molar-refractivity contribution in [1.29, 1.82) is 0 Å². The number of thiophene rings is 1. The Balaban J connectivity index is 1.95. The van der Waals surface area contributed by atoms with Gasteiger partial charge in [0.2, 0.25) is 10.0 Å². The van der Waals surface area contributed by atoms with Crippen LogP contribution in [0.4, 0.5) is 0 Å². The van der Waals surface area contributed by atoms with Crippen molar-refractivity contribution in [1.82, 2.24) is 4.72 Å². The third-order valence-electron chi connectivity index (χ3n) is 3.75. The van der Waals surface area contributed by atoms with E-state index < -0.39 is 16.0 Å². The minimum atomic E-state index is -3.58. The van der Waals surface area contributed by atoms with Gasteiger partial charge in [0.05, 0.1) is 0 Å². The predicted molar refractivity (Wildman–Crippen MR) is 77.6 cm³/mol. The fraction of sp³-hybridized carbons (Fsp3) is 0.615. The lowest BCUT2D eigenvalue weighted by Crippen LogP contribution is -2.30. The molecule has 0 amide bonds. The first kappa shape index (κ1) is 15.5. The number of hydrogen-bond acceptors (Lipinski definition) is 4. The molecule has 0 bridgehead atoms. The quantitative estimate of drug-likeness (QED) is 0.874. The van der Waals surface area contributed by atoms with E-state index in [0.29, 0.717) is 12.5 Å². The zero-order valence-electron chi connectivity index (χ0n) is 11.3. The van der Waals surface area contributed by atoms with Crippen LogP contribution in [0.5, 0.6) is 0 Å². The van der Waals surface area contributed by atoms with Gasteiger partial charge in [-0.05, 0) is 36.8 Å². The molecule has 0 saturated heterocycles. The fourth-order valence-corrected chi connectivity index (χ4v) is 4.72. The standard InChI is InChI=1S/C13H19NO4S2/c1-9-2-4-10(5-3-9)8-14-20(17,18)12-7-6-11(19-12)13(15)16/h6-7,9-10,14H,2-5,8H2,1H3,(H,15,16). The number of aromatic carboxylic acids is 1. The van der Waals surface area contributed by atoms with Gasteiger partial charge in [0.15, 0.2) is 0 Å². The van der Waals surface area contributed by atoms with Gasteiger partial charge in [-0.2, -0.15) is 0 Å². The van der Waals surface area contributed by atoms with Crippen molar-refractivity contribution in [2.45, 2.75) is 36.8 Å². The van der Waals surface area contributed by atoms with Gasteiger partial charge >= 0.3 is 5.97 Å². The number of sulfonamides is 1. The van der Waals surface area contributed by atoms with E-state index in [0.717, 1.165) is 42.9 Å². The van der Waals surface area contributed by atoms with Gasteiger partial charge in [-0.15, -0.1) is 11.3 Å². The summed E-state index contributed by atoms with van der Waals surface area (Å²) < 4.78 is 26.8. The van der Waals surface area contributed by atoms with E-state index in [9.17, 15) is 13.2 Å². The van der Waals surface area contributed by atoms with Crippen molar-refractivity contribution in [3.05, 3.63) is 17.0 Å². The molecule has 1 heterocycles. The number of rotatable bonds is 5. The van der Waals surface area contributed by atoms with Crippen LogP contribution >= 0.6 is 11.3 Å². The molecule has 2 rings (SSSR count). The van der Waals surface area contributed by atoms with Crippen molar-refractivity contribution in [3.63, 3.8) is 0 Å². The maximum atomic E-state index is 12.1. The summed E-state index contributed by atoms with van der Waals surface area (Å²) in [7, 11) is -3.58. The first-order valence-electron chi connectivity index (χ1n) is 6.71. The third-order valence-corrected chi connectivity index (χ3v) is 6.74. The Kier molecular flexibility index (Phi) is 4.82. The van der Waals surface area contributed by atoms with Gasteiger partial charge in [-0.25, -0.2) is 17.9 Å². The van der Waals surface area contributed by atoms with Crippen molar-refractivity contribution < 1.29 is 18.3 Å². The Morgan fingerprint density at radius 2 is 2.00 bits per heavy atom. The molecule has 2 N–H and O–H groups in total. The van der Waals surface area contributed by atoms with Gasteiger partial charge in [-0.3, -0.25) is 0 Å². The third kappa shape index (κ3) is 3.80. The summed E-state index contributed by atoms with van der Waals surface area (Å²) in [5.74, 6) is 0.0240. The molecule has 112 valence electrons. The van der Waals surface area contributed by atoms with E-state index in [1.54, 1.807) is 0 Å². The van der Waals surface area contributed by atoms with Gasteiger partial charge in [0.1, 0.15) is 9.09 Å². The highest BCUT2D eigenvalue weighted by Crippen LogP contribution is 2.28. The van der Waals surface area contributed by atoms with Crippen molar-refractivity contribution in [2.24, 2.45) is 11.8 Å². The molecule has 1 fully saturated rings. The smallest absolute Gasteiger partial charge is 0.345 e. The molecule has 0 spiro atoms. The molecule has 1 aromatic rings. The van der Waals surface area contributed by atoms with Gasteiger partial charge in [0, 0.05) is 6.54 Å². The molecule has 0 aromatic carbocycles. The Labute approximate surface area is 123 Å². The lowest BCUT2D eigenvalue weighted by molar-refractivity contribution is 0.0702. The number of carboxylic acids is 1. The SMILES string of the molecule is CC1CCC(CNS(=O)(=O)c2ccc(C(=O)O)s2)CC1. The minimum absolute atomic E-state index is 0.0388. The predicted octanol–water partition coefficient (Wildman–Crippen LogP) is 2.55. The van der Waals surface area contributed by atoms with Crippen LogP contribution in [-0.4, -0.2) is 26.0 Å². The second kappa shape index (κ2) is 6.24. The first-order chi connectivity index (χ1) is 9.38.